The van der Waals surface area contributed by atoms with Crippen LogP contribution in [0.5, 0.6) is 0 Å². The molecule has 1 saturated heterocycles. The van der Waals surface area contributed by atoms with Crippen molar-refractivity contribution in [2.75, 3.05) is 0 Å². The minimum atomic E-state index is -0.613. The van der Waals surface area contributed by atoms with Gasteiger partial charge in [0.25, 0.3) is 0 Å². The lowest BCUT2D eigenvalue weighted by Gasteiger charge is -2.43. The van der Waals surface area contributed by atoms with Crippen LogP contribution in [0.2, 0.25) is 0 Å². The maximum atomic E-state index is 12.0. The number of carbonyl (C=O) groups is 2. The Kier molecular flexibility index (Phi) is 5.94. The number of hydrogen-bond donors (Lipinski definition) is 0. The molecule has 1 aliphatic heterocycles. The van der Waals surface area contributed by atoms with E-state index in [1.165, 1.54) is 19.4 Å². The fourth-order valence-corrected chi connectivity index (χ4v) is 6.14. The third-order valence-electron chi connectivity index (χ3n) is 7.63. The second kappa shape index (κ2) is 7.72. The van der Waals surface area contributed by atoms with Crippen LogP contribution in [0.3, 0.4) is 0 Å². The van der Waals surface area contributed by atoms with Crippen molar-refractivity contribution in [2.45, 2.75) is 110 Å². The maximum absolute atomic E-state index is 12.0. The largest absolute Gasteiger partial charge is 0.462 e. The van der Waals surface area contributed by atoms with Crippen LogP contribution in [-0.4, -0.2) is 35.3 Å². The molecule has 5 nitrogen and oxygen atoms in total. The van der Waals surface area contributed by atoms with Gasteiger partial charge in [-0.3, -0.25) is 9.59 Å². The Hall–Kier alpha value is -1.36. The van der Waals surface area contributed by atoms with E-state index in [1.54, 1.807) is 0 Å². The second-order valence-electron chi connectivity index (χ2n) is 10.6. The average Bonchev–Trinajstić information content (AvgIpc) is 3.01. The Balaban J connectivity index is 2.01. The van der Waals surface area contributed by atoms with Gasteiger partial charge in [0.05, 0.1) is 11.7 Å². The SMILES string of the molecule is CC(=O)OC1CC(C)=CCCC2(C)OC2CC2(C)CCC(C(C)(C)OC(C)=O)C12. The standard InChI is InChI=1S/C24H38O5/c1-15-9-8-11-24(7)20(29-24)14-23(6)12-10-18(22(4,5)28-17(3)26)21(23)19(13-15)27-16(2)25/h9,18-21H,8,10-14H2,1-7H3. The van der Waals surface area contributed by atoms with E-state index in [2.05, 4.69) is 26.8 Å². The Morgan fingerprint density at radius 3 is 2.48 bits per heavy atom. The average molecular weight is 407 g/mol. The van der Waals surface area contributed by atoms with Crippen LogP contribution in [-0.2, 0) is 23.8 Å². The van der Waals surface area contributed by atoms with Crippen molar-refractivity contribution in [1.29, 1.82) is 0 Å². The van der Waals surface area contributed by atoms with Crippen molar-refractivity contribution < 1.29 is 23.8 Å². The lowest BCUT2D eigenvalue weighted by Crippen LogP contribution is -2.47. The summed E-state index contributed by atoms with van der Waals surface area (Å²) in [6.45, 7) is 13.6. The lowest BCUT2D eigenvalue weighted by atomic mass is 9.66. The third-order valence-corrected chi connectivity index (χ3v) is 7.63. The highest BCUT2D eigenvalue weighted by molar-refractivity contribution is 5.67. The smallest absolute Gasteiger partial charge is 0.303 e. The van der Waals surface area contributed by atoms with Gasteiger partial charge in [-0.1, -0.05) is 18.6 Å². The quantitative estimate of drug-likeness (QED) is 0.376. The monoisotopic (exact) mass is 406 g/mol. The van der Waals surface area contributed by atoms with Gasteiger partial charge in [-0.25, -0.2) is 0 Å². The summed E-state index contributed by atoms with van der Waals surface area (Å²) in [4.78, 5) is 23.8. The number of rotatable bonds is 3. The lowest BCUT2D eigenvalue weighted by molar-refractivity contribution is -0.170. The first kappa shape index (κ1) is 22.3. The highest BCUT2D eigenvalue weighted by Crippen LogP contribution is 2.59. The first-order valence-electron chi connectivity index (χ1n) is 11.1. The molecule has 0 aromatic rings. The van der Waals surface area contributed by atoms with Crippen LogP contribution in [0, 0.1) is 17.3 Å². The second-order valence-corrected chi connectivity index (χ2v) is 10.6. The molecule has 1 saturated carbocycles. The first-order valence-corrected chi connectivity index (χ1v) is 11.1. The van der Waals surface area contributed by atoms with E-state index >= 15 is 0 Å². The summed E-state index contributed by atoms with van der Waals surface area (Å²) in [5, 5.41) is 0. The van der Waals surface area contributed by atoms with Crippen LogP contribution >= 0.6 is 0 Å². The summed E-state index contributed by atoms with van der Waals surface area (Å²) in [6, 6.07) is 0. The van der Waals surface area contributed by atoms with E-state index in [0.29, 0.717) is 0 Å². The molecule has 0 aromatic carbocycles. The van der Waals surface area contributed by atoms with Gasteiger partial charge in [0.1, 0.15) is 11.7 Å². The van der Waals surface area contributed by atoms with E-state index < -0.39 is 5.60 Å². The number of esters is 2. The minimum Gasteiger partial charge on any atom is -0.462 e. The fraction of sp³-hybridized carbons (Fsp3) is 0.833. The van der Waals surface area contributed by atoms with E-state index in [4.69, 9.17) is 14.2 Å². The Labute approximate surface area is 175 Å². The zero-order chi connectivity index (χ0) is 21.6. The summed E-state index contributed by atoms with van der Waals surface area (Å²) >= 11 is 0. The van der Waals surface area contributed by atoms with Crippen LogP contribution in [0.4, 0.5) is 0 Å². The Morgan fingerprint density at radius 2 is 1.86 bits per heavy atom. The number of epoxide rings is 1. The van der Waals surface area contributed by atoms with Gasteiger partial charge in [0.2, 0.25) is 0 Å². The Bertz CT molecular complexity index is 695. The molecule has 1 heterocycles. The number of allylic oxidation sites excluding steroid dienone is 1. The molecule has 0 N–H and O–H groups in total. The van der Waals surface area contributed by atoms with E-state index in [-0.39, 0.29) is 47.0 Å². The van der Waals surface area contributed by atoms with Crippen LogP contribution in [0.15, 0.2) is 11.6 Å². The molecule has 0 bridgehead atoms. The molecule has 6 atom stereocenters. The number of ether oxygens (including phenoxy) is 3. The third kappa shape index (κ3) is 4.70. The summed E-state index contributed by atoms with van der Waals surface area (Å²) in [5.74, 6) is -0.281. The van der Waals surface area contributed by atoms with Crippen LogP contribution < -0.4 is 0 Å². The molecule has 0 spiro atoms. The van der Waals surface area contributed by atoms with Crippen molar-refractivity contribution in [3.8, 4) is 0 Å². The molecule has 3 aliphatic rings. The molecule has 2 fully saturated rings. The molecule has 164 valence electrons. The normalized spacial score (nSPS) is 40.0. The zero-order valence-electron chi connectivity index (χ0n) is 19.2. The number of carbonyl (C=O) groups excluding carboxylic acids is 2. The fourth-order valence-electron chi connectivity index (χ4n) is 6.14. The van der Waals surface area contributed by atoms with Crippen LogP contribution in [0.1, 0.15) is 87.0 Å². The van der Waals surface area contributed by atoms with Gasteiger partial charge in [0.15, 0.2) is 0 Å². The van der Waals surface area contributed by atoms with Gasteiger partial charge in [-0.05, 0) is 65.2 Å². The van der Waals surface area contributed by atoms with Gasteiger partial charge in [-0.15, -0.1) is 0 Å². The van der Waals surface area contributed by atoms with Crippen molar-refractivity contribution in [1.82, 2.24) is 0 Å². The highest BCUT2D eigenvalue weighted by Gasteiger charge is 2.60. The molecule has 29 heavy (non-hydrogen) atoms. The number of fused-ring (bicyclic) bond motifs is 2. The minimum absolute atomic E-state index is 0.0325. The van der Waals surface area contributed by atoms with Crippen molar-refractivity contribution in [3.05, 3.63) is 11.6 Å². The predicted octanol–water partition coefficient (Wildman–Crippen LogP) is 4.97. The molecule has 3 rings (SSSR count). The molecule has 2 aliphatic carbocycles. The molecule has 0 radical (unpaired) electrons. The molecular formula is C24H38O5. The summed E-state index contributed by atoms with van der Waals surface area (Å²) in [7, 11) is 0. The first-order chi connectivity index (χ1) is 13.4. The summed E-state index contributed by atoms with van der Waals surface area (Å²) < 4.78 is 17.9. The van der Waals surface area contributed by atoms with Gasteiger partial charge in [-0.2, -0.15) is 0 Å². The van der Waals surface area contributed by atoms with Gasteiger partial charge in [0, 0.05) is 32.1 Å². The topological polar surface area (TPSA) is 65.1 Å². The number of hydrogen-bond acceptors (Lipinski definition) is 5. The molecule has 0 amide bonds. The molecular weight excluding hydrogens is 368 g/mol. The van der Waals surface area contributed by atoms with E-state index in [0.717, 1.165) is 38.5 Å². The van der Waals surface area contributed by atoms with Crippen molar-refractivity contribution in [2.24, 2.45) is 17.3 Å². The Morgan fingerprint density at radius 1 is 1.17 bits per heavy atom. The molecule has 6 unspecified atom stereocenters. The van der Waals surface area contributed by atoms with Gasteiger partial charge >= 0.3 is 11.9 Å². The summed E-state index contributed by atoms with van der Waals surface area (Å²) in [5.41, 5.74) is 0.555. The zero-order valence-corrected chi connectivity index (χ0v) is 19.2. The highest BCUT2D eigenvalue weighted by atomic mass is 16.6. The van der Waals surface area contributed by atoms with E-state index in [1.807, 2.05) is 13.8 Å². The predicted molar refractivity (Wildman–Crippen MR) is 111 cm³/mol. The summed E-state index contributed by atoms with van der Waals surface area (Å²) in [6.07, 6.45) is 7.95. The van der Waals surface area contributed by atoms with Crippen LogP contribution in [0.25, 0.3) is 0 Å². The molecule has 0 aromatic heterocycles. The van der Waals surface area contributed by atoms with Crippen molar-refractivity contribution in [3.63, 3.8) is 0 Å². The molecule has 5 heteroatoms. The van der Waals surface area contributed by atoms with Crippen molar-refractivity contribution >= 4 is 11.9 Å². The van der Waals surface area contributed by atoms with E-state index in [9.17, 15) is 9.59 Å². The van der Waals surface area contributed by atoms with Gasteiger partial charge < -0.3 is 14.2 Å². The maximum Gasteiger partial charge on any atom is 0.303 e.